The molecule has 0 bridgehead atoms. The van der Waals surface area contributed by atoms with Crippen molar-refractivity contribution in [1.82, 2.24) is 14.7 Å². The van der Waals surface area contributed by atoms with Crippen molar-refractivity contribution in [2.24, 2.45) is 11.8 Å². The third kappa shape index (κ3) is 4.27. The van der Waals surface area contributed by atoms with Crippen molar-refractivity contribution < 1.29 is 9.84 Å². The Kier molecular flexibility index (Phi) is 5.56. The molecule has 5 rings (SSSR count). The molecule has 5 nitrogen and oxygen atoms in total. The van der Waals surface area contributed by atoms with Crippen LogP contribution < -0.4 is 4.74 Å². The number of aromatic nitrogens is 2. The van der Waals surface area contributed by atoms with E-state index in [2.05, 4.69) is 40.3 Å². The van der Waals surface area contributed by atoms with Crippen LogP contribution in [0.25, 0.3) is 0 Å². The van der Waals surface area contributed by atoms with E-state index in [-0.39, 0.29) is 12.1 Å². The van der Waals surface area contributed by atoms with Crippen LogP contribution >= 0.6 is 0 Å². The number of benzene rings is 2. The number of rotatable bonds is 6. The minimum atomic E-state index is -0.305. The summed E-state index contributed by atoms with van der Waals surface area (Å²) in [6, 6.07) is 20.8. The van der Waals surface area contributed by atoms with Gasteiger partial charge in [-0.05, 0) is 54.0 Å². The zero-order valence-corrected chi connectivity index (χ0v) is 17.2. The molecule has 3 aromatic rings. The van der Waals surface area contributed by atoms with E-state index in [4.69, 9.17) is 4.74 Å². The first-order valence-corrected chi connectivity index (χ1v) is 10.9. The van der Waals surface area contributed by atoms with Gasteiger partial charge in [-0.2, -0.15) is 5.10 Å². The van der Waals surface area contributed by atoms with Crippen LogP contribution in [-0.4, -0.2) is 39.0 Å². The summed E-state index contributed by atoms with van der Waals surface area (Å²) in [5.41, 5.74) is 2.46. The molecule has 1 aromatic heterocycles. The lowest BCUT2D eigenvalue weighted by Crippen LogP contribution is -2.36. The molecule has 1 saturated heterocycles. The Morgan fingerprint density at radius 2 is 1.73 bits per heavy atom. The molecule has 4 atom stereocenters. The fourth-order valence-corrected chi connectivity index (χ4v) is 5.13. The summed E-state index contributed by atoms with van der Waals surface area (Å²) >= 11 is 0. The van der Waals surface area contributed by atoms with Gasteiger partial charge in [-0.3, -0.25) is 9.58 Å². The molecule has 0 unspecified atom stereocenters. The molecule has 1 aliphatic carbocycles. The first kappa shape index (κ1) is 19.3. The lowest BCUT2D eigenvalue weighted by molar-refractivity contribution is 0.0306. The molecule has 0 spiro atoms. The van der Waals surface area contributed by atoms with Crippen LogP contribution in [-0.2, 0) is 13.2 Å². The van der Waals surface area contributed by atoms with Crippen LogP contribution in [0, 0.1) is 11.8 Å². The van der Waals surface area contributed by atoms with E-state index in [0.29, 0.717) is 18.4 Å². The Morgan fingerprint density at radius 1 is 0.933 bits per heavy atom. The Morgan fingerprint density at radius 3 is 2.53 bits per heavy atom. The maximum absolute atomic E-state index is 10.7. The standard InChI is InChI=1S/C25H29N3O2/c29-25-14-22-17-27(16-21(22)13-24(25)28-11-5-10-26-28)15-20-8-4-9-23(12-20)30-18-19-6-2-1-3-7-19/h1-12,21-22,24-25,29H,13-18H2/t21-,22+,24-,25-/m1/s1. The van der Waals surface area contributed by atoms with Crippen molar-refractivity contribution in [2.75, 3.05) is 13.1 Å². The van der Waals surface area contributed by atoms with E-state index in [0.717, 1.165) is 38.2 Å². The van der Waals surface area contributed by atoms with E-state index in [1.165, 1.54) is 11.1 Å². The normalized spacial score (nSPS) is 26.4. The summed E-state index contributed by atoms with van der Waals surface area (Å²) in [5, 5.41) is 15.0. The molecule has 5 heteroatoms. The average molecular weight is 404 g/mol. The van der Waals surface area contributed by atoms with Crippen LogP contribution in [0.1, 0.15) is 30.0 Å². The smallest absolute Gasteiger partial charge is 0.120 e. The second-order valence-corrected chi connectivity index (χ2v) is 8.73. The molecule has 156 valence electrons. The predicted octanol–water partition coefficient (Wildman–Crippen LogP) is 3.91. The summed E-state index contributed by atoms with van der Waals surface area (Å²) in [7, 11) is 0. The average Bonchev–Trinajstić information content (AvgIpc) is 3.42. The second kappa shape index (κ2) is 8.62. The number of fused-ring (bicyclic) bond motifs is 1. The van der Waals surface area contributed by atoms with Crippen molar-refractivity contribution in [3.63, 3.8) is 0 Å². The highest BCUT2D eigenvalue weighted by Crippen LogP contribution is 2.41. The van der Waals surface area contributed by atoms with Crippen molar-refractivity contribution >= 4 is 0 Å². The van der Waals surface area contributed by atoms with E-state index in [1.54, 1.807) is 6.20 Å². The monoisotopic (exact) mass is 403 g/mol. The Bertz CT molecular complexity index is 944. The van der Waals surface area contributed by atoms with Gasteiger partial charge in [-0.1, -0.05) is 42.5 Å². The van der Waals surface area contributed by atoms with Gasteiger partial charge in [-0.15, -0.1) is 0 Å². The highest BCUT2D eigenvalue weighted by Gasteiger charge is 2.42. The predicted molar refractivity (Wildman–Crippen MR) is 116 cm³/mol. The van der Waals surface area contributed by atoms with Crippen molar-refractivity contribution in [3.05, 3.63) is 84.2 Å². The molecule has 1 saturated carbocycles. The van der Waals surface area contributed by atoms with Gasteiger partial charge in [0.15, 0.2) is 0 Å². The van der Waals surface area contributed by atoms with Gasteiger partial charge in [0, 0.05) is 32.0 Å². The van der Waals surface area contributed by atoms with E-state index in [9.17, 15) is 5.11 Å². The fraction of sp³-hybridized carbons (Fsp3) is 0.400. The third-order valence-electron chi connectivity index (χ3n) is 6.60. The number of likely N-dealkylation sites (tertiary alicyclic amines) is 1. The number of ether oxygens (including phenoxy) is 1. The molecular formula is C25H29N3O2. The molecule has 2 fully saturated rings. The first-order valence-electron chi connectivity index (χ1n) is 10.9. The van der Waals surface area contributed by atoms with E-state index in [1.807, 2.05) is 41.2 Å². The number of hydrogen-bond acceptors (Lipinski definition) is 4. The lowest BCUT2D eigenvalue weighted by Gasteiger charge is -2.35. The van der Waals surface area contributed by atoms with Crippen molar-refractivity contribution in [3.8, 4) is 5.75 Å². The third-order valence-corrected chi connectivity index (χ3v) is 6.60. The molecule has 2 aromatic carbocycles. The summed E-state index contributed by atoms with van der Waals surface area (Å²) in [4.78, 5) is 2.53. The van der Waals surface area contributed by atoms with Crippen LogP contribution in [0.4, 0.5) is 0 Å². The lowest BCUT2D eigenvalue weighted by atomic mass is 9.77. The maximum Gasteiger partial charge on any atom is 0.120 e. The summed E-state index contributed by atoms with van der Waals surface area (Å²) in [6.07, 6.45) is 5.34. The highest BCUT2D eigenvalue weighted by molar-refractivity contribution is 5.29. The first-order chi connectivity index (χ1) is 14.7. The van der Waals surface area contributed by atoms with Crippen molar-refractivity contribution in [1.29, 1.82) is 0 Å². The topological polar surface area (TPSA) is 50.5 Å². The second-order valence-electron chi connectivity index (χ2n) is 8.73. The minimum absolute atomic E-state index is 0.107. The van der Waals surface area contributed by atoms with Gasteiger partial charge in [0.05, 0.1) is 12.1 Å². The zero-order valence-electron chi connectivity index (χ0n) is 17.2. The Labute approximate surface area is 177 Å². The SMILES string of the molecule is O[C@@H]1C[C@H]2CN(Cc3cccc(OCc4ccccc4)c3)C[C@H]2C[C@H]1n1cccn1. The molecule has 2 heterocycles. The number of nitrogens with zero attached hydrogens (tertiary/aromatic N) is 3. The van der Waals surface area contributed by atoms with Gasteiger partial charge < -0.3 is 9.84 Å². The number of aliphatic hydroxyl groups excluding tert-OH is 1. The van der Waals surface area contributed by atoms with Gasteiger partial charge in [0.1, 0.15) is 12.4 Å². The van der Waals surface area contributed by atoms with E-state index >= 15 is 0 Å². The number of hydrogen-bond donors (Lipinski definition) is 1. The van der Waals surface area contributed by atoms with Crippen LogP contribution in [0.3, 0.4) is 0 Å². The summed E-state index contributed by atoms with van der Waals surface area (Å²) in [5.74, 6) is 2.12. The van der Waals surface area contributed by atoms with E-state index < -0.39 is 0 Å². The van der Waals surface area contributed by atoms with Crippen LogP contribution in [0.5, 0.6) is 5.75 Å². The molecule has 2 aliphatic rings. The van der Waals surface area contributed by atoms with Gasteiger partial charge >= 0.3 is 0 Å². The number of aliphatic hydroxyl groups is 1. The fourth-order valence-electron chi connectivity index (χ4n) is 5.13. The summed E-state index contributed by atoms with van der Waals surface area (Å²) < 4.78 is 7.94. The van der Waals surface area contributed by atoms with Crippen molar-refractivity contribution in [2.45, 2.75) is 38.1 Å². The molecule has 0 radical (unpaired) electrons. The molecule has 1 aliphatic heterocycles. The van der Waals surface area contributed by atoms with Gasteiger partial charge in [-0.25, -0.2) is 0 Å². The van der Waals surface area contributed by atoms with Gasteiger partial charge in [0.25, 0.3) is 0 Å². The highest BCUT2D eigenvalue weighted by atomic mass is 16.5. The molecule has 30 heavy (non-hydrogen) atoms. The zero-order chi connectivity index (χ0) is 20.3. The molecular weight excluding hydrogens is 374 g/mol. The van der Waals surface area contributed by atoms with Crippen LogP contribution in [0.2, 0.25) is 0 Å². The molecule has 0 amide bonds. The Balaban J connectivity index is 1.19. The van der Waals surface area contributed by atoms with Gasteiger partial charge in [0.2, 0.25) is 0 Å². The minimum Gasteiger partial charge on any atom is -0.489 e. The summed E-state index contributed by atoms with van der Waals surface area (Å²) in [6.45, 7) is 3.66. The van der Waals surface area contributed by atoms with Crippen LogP contribution in [0.15, 0.2) is 73.1 Å². The Hall–Kier alpha value is -2.63. The quantitative estimate of drug-likeness (QED) is 0.678. The maximum atomic E-state index is 10.7. The largest absolute Gasteiger partial charge is 0.489 e. The molecule has 1 N–H and O–H groups in total.